The Morgan fingerprint density at radius 1 is 1.10 bits per heavy atom. The molecule has 11 heteroatoms. The van der Waals surface area contributed by atoms with E-state index >= 15 is 0 Å². The first-order chi connectivity index (χ1) is 14.3. The molecule has 2 aromatic carbocycles. The zero-order chi connectivity index (χ0) is 21.3. The Morgan fingerprint density at radius 2 is 1.93 bits per heavy atom. The number of nitrogens with one attached hydrogen (secondary N) is 2. The Hall–Kier alpha value is -3.08. The van der Waals surface area contributed by atoms with Gasteiger partial charge < -0.3 is 5.32 Å². The molecular formula is C19H12ClFN4O3S2. The van der Waals surface area contributed by atoms with Crippen LogP contribution >= 0.6 is 22.9 Å². The van der Waals surface area contributed by atoms with Gasteiger partial charge in [-0.1, -0.05) is 11.6 Å². The number of amides is 1. The topological polar surface area (TPSA) is 101 Å². The van der Waals surface area contributed by atoms with Gasteiger partial charge in [0.1, 0.15) is 5.82 Å². The molecule has 152 valence electrons. The highest BCUT2D eigenvalue weighted by Gasteiger charge is 2.21. The quantitative estimate of drug-likeness (QED) is 0.453. The van der Waals surface area contributed by atoms with Gasteiger partial charge in [0.15, 0.2) is 5.13 Å². The van der Waals surface area contributed by atoms with Crippen LogP contribution in [0.3, 0.4) is 0 Å². The molecule has 0 aliphatic heterocycles. The van der Waals surface area contributed by atoms with Crippen molar-refractivity contribution in [2.24, 2.45) is 0 Å². The molecule has 0 saturated carbocycles. The van der Waals surface area contributed by atoms with Crippen molar-refractivity contribution < 1.29 is 17.6 Å². The molecule has 30 heavy (non-hydrogen) atoms. The van der Waals surface area contributed by atoms with Gasteiger partial charge in [-0.25, -0.2) is 17.8 Å². The van der Waals surface area contributed by atoms with Crippen molar-refractivity contribution >= 4 is 60.6 Å². The number of halogens is 2. The molecule has 2 N–H and O–H groups in total. The Labute approximate surface area is 179 Å². The van der Waals surface area contributed by atoms with Gasteiger partial charge in [0.2, 0.25) is 0 Å². The van der Waals surface area contributed by atoms with Gasteiger partial charge in [-0.05, 0) is 42.5 Å². The van der Waals surface area contributed by atoms with Crippen LogP contribution in [0.15, 0.2) is 65.1 Å². The van der Waals surface area contributed by atoms with Crippen molar-refractivity contribution in [2.75, 3.05) is 10.0 Å². The fourth-order valence-corrected chi connectivity index (χ4v) is 4.93. The van der Waals surface area contributed by atoms with Gasteiger partial charge in [0.05, 0.1) is 21.1 Å². The number of aromatic nitrogens is 2. The summed E-state index contributed by atoms with van der Waals surface area (Å²) in [6.45, 7) is 0. The summed E-state index contributed by atoms with van der Waals surface area (Å²) in [5, 5.41) is 4.68. The van der Waals surface area contributed by atoms with Gasteiger partial charge >= 0.3 is 0 Å². The van der Waals surface area contributed by atoms with E-state index in [2.05, 4.69) is 20.0 Å². The smallest absolute Gasteiger partial charge is 0.264 e. The molecule has 0 aliphatic rings. The maximum atomic E-state index is 13.3. The molecule has 0 bridgehead atoms. The Morgan fingerprint density at radius 3 is 2.67 bits per heavy atom. The van der Waals surface area contributed by atoms with E-state index in [-0.39, 0.29) is 26.1 Å². The summed E-state index contributed by atoms with van der Waals surface area (Å²) >= 11 is 6.89. The molecule has 0 radical (unpaired) electrons. The second-order valence-electron chi connectivity index (χ2n) is 6.04. The van der Waals surface area contributed by atoms with Crippen molar-refractivity contribution in [3.8, 4) is 0 Å². The zero-order valence-electron chi connectivity index (χ0n) is 15.0. The monoisotopic (exact) mass is 462 g/mol. The predicted octanol–water partition coefficient (Wildman–Crippen LogP) is 4.54. The van der Waals surface area contributed by atoms with E-state index in [1.807, 2.05) is 0 Å². The molecule has 0 saturated heterocycles. The van der Waals surface area contributed by atoms with Crippen LogP contribution in [0.5, 0.6) is 0 Å². The fraction of sp³-hybridized carbons (Fsp3) is 0. The van der Waals surface area contributed by atoms with E-state index in [9.17, 15) is 17.6 Å². The number of nitrogens with zero attached hydrogens (tertiary/aromatic N) is 2. The van der Waals surface area contributed by atoms with Crippen LogP contribution in [0.2, 0.25) is 5.02 Å². The maximum Gasteiger partial charge on any atom is 0.264 e. The van der Waals surface area contributed by atoms with Gasteiger partial charge in [-0.3, -0.25) is 14.5 Å². The summed E-state index contributed by atoms with van der Waals surface area (Å²) in [4.78, 5) is 20.7. The molecule has 0 aliphatic carbocycles. The molecule has 0 spiro atoms. The summed E-state index contributed by atoms with van der Waals surface area (Å²) in [6.07, 6.45) is 2.97. The molecule has 7 nitrogen and oxygen atoms in total. The first-order valence-corrected chi connectivity index (χ1v) is 11.2. The predicted molar refractivity (Wildman–Crippen MR) is 114 cm³/mol. The van der Waals surface area contributed by atoms with E-state index in [1.165, 1.54) is 36.7 Å². The van der Waals surface area contributed by atoms with Crippen molar-refractivity contribution in [2.45, 2.75) is 4.90 Å². The SMILES string of the molecule is O=C(Nc1ccc(S(=O)(=O)Nc2nccs2)c2cccnc12)c1ccc(F)c(Cl)c1. The van der Waals surface area contributed by atoms with Crippen LogP contribution in [0.4, 0.5) is 15.2 Å². The number of fused-ring (bicyclic) bond motifs is 1. The number of benzene rings is 2. The van der Waals surface area contributed by atoms with Crippen LogP contribution < -0.4 is 10.0 Å². The summed E-state index contributed by atoms with van der Waals surface area (Å²) in [7, 11) is -3.93. The number of hydrogen-bond acceptors (Lipinski definition) is 6. The molecular weight excluding hydrogens is 451 g/mol. The number of carbonyl (C=O) groups excluding carboxylic acids is 1. The maximum absolute atomic E-state index is 13.3. The lowest BCUT2D eigenvalue weighted by molar-refractivity contribution is 0.102. The molecule has 2 heterocycles. The van der Waals surface area contributed by atoms with Crippen molar-refractivity contribution in [3.63, 3.8) is 0 Å². The summed E-state index contributed by atoms with van der Waals surface area (Å²) in [5.74, 6) is -1.18. The molecule has 4 aromatic rings. The van der Waals surface area contributed by atoms with Crippen molar-refractivity contribution in [1.29, 1.82) is 0 Å². The fourth-order valence-electron chi connectivity index (χ4n) is 2.76. The zero-order valence-corrected chi connectivity index (χ0v) is 17.4. The normalized spacial score (nSPS) is 11.4. The molecule has 1 amide bonds. The summed E-state index contributed by atoms with van der Waals surface area (Å²) in [6, 6.07) is 9.58. The third-order valence-corrected chi connectivity index (χ3v) is 6.61. The number of thiazole rings is 1. The number of rotatable bonds is 5. The molecule has 0 unspecified atom stereocenters. The van der Waals surface area contributed by atoms with Gasteiger partial charge in [-0.2, -0.15) is 0 Å². The number of sulfonamides is 1. The Kier molecular flexibility index (Phi) is 5.37. The summed E-state index contributed by atoms with van der Waals surface area (Å²) < 4.78 is 41.4. The minimum Gasteiger partial charge on any atom is -0.320 e. The molecule has 0 fully saturated rings. The Bertz CT molecular complexity index is 1360. The van der Waals surface area contributed by atoms with E-state index < -0.39 is 21.7 Å². The highest BCUT2D eigenvalue weighted by atomic mass is 35.5. The molecule has 2 aromatic heterocycles. The third-order valence-electron chi connectivity index (χ3n) is 4.10. The largest absolute Gasteiger partial charge is 0.320 e. The third kappa shape index (κ3) is 3.97. The highest BCUT2D eigenvalue weighted by Crippen LogP contribution is 2.30. The molecule has 4 rings (SSSR count). The van der Waals surface area contributed by atoms with Crippen molar-refractivity contribution in [1.82, 2.24) is 9.97 Å². The average Bonchev–Trinajstić information content (AvgIpc) is 3.22. The Balaban J connectivity index is 1.72. The van der Waals surface area contributed by atoms with Crippen LogP contribution in [0, 0.1) is 5.82 Å². The van der Waals surface area contributed by atoms with Gasteiger partial charge in [0.25, 0.3) is 15.9 Å². The van der Waals surface area contributed by atoms with E-state index in [0.29, 0.717) is 11.1 Å². The van der Waals surface area contributed by atoms with E-state index in [1.54, 1.807) is 17.5 Å². The highest BCUT2D eigenvalue weighted by molar-refractivity contribution is 7.93. The number of carbonyl (C=O) groups is 1. The van der Waals surface area contributed by atoms with Gasteiger partial charge in [-0.15, -0.1) is 11.3 Å². The lowest BCUT2D eigenvalue weighted by Crippen LogP contribution is -2.15. The van der Waals surface area contributed by atoms with E-state index in [0.717, 1.165) is 17.4 Å². The average molecular weight is 463 g/mol. The van der Waals surface area contributed by atoms with Crippen LogP contribution in [-0.2, 0) is 10.0 Å². The number of hydrogen-bond donors (Lipinski definition) is 2. The molecule has 0 atom stereocenters. The second-order valence-corrected chi connectivity index (χ2v) is 8.99. The van der Waals surface area contributed by atoms with Crippen LogP contribution in [0.25, 0.3) is 10.9 Å². The lowest BCUT2D eigenvalue weighted by atomic mass is 10.1. The second kappa shape index (κ2) is 7.98. The lowest BCUT2D eigenvalue weighted by Gasteiger charge is -2.12. The minimum atomic E-state index is -3.93. The number of pyridine rings is 1. The standard InChI is InChI=1S/C19H12ClFN4O3S2/c20-13-10-11(3-4-14(13)21)18(26)24-15-5-6-16(12-2-1-7-22-17(12)15)30(27,28)25-19-23-8-9-29-19/h1-10H,(H,23,25)(H,24,26). The van der Waals surface area contributed by atoms with Crippen LogP contribution in [0.1, 0.15) is 10.4 Å². The first kappa shape index (κ1) is 20.2. The first-order valence-electron chi connectivity index (χ1n) is 8.41. The van der Waals surface area contributed by atoms with Crippen molar-refractivity contribution in [3.05, 3.63) is 76.6 Å². The van der Waals surface area contributed by atoms with Crippen LogP contribution in [-0.4, -0.2) is 24.3 Å². The van der Waals surface area contributed by atoms with E-state index in [4.69, 9.17) is 11.6 Å². The summed E-state index contributed by atoms with van der Waals surface area (Å²) in [5.41, 5.74) is 0.720. The number of anilines is 2. The minimum absolute atomic E-state index is 0.0105. The van der Waals surface area contributed by atoms with Gasteiger partial charge in [0, 0.05) is 28.7 Å².